The van der Waals surface area contributed by atoms with E-state index < -0.39 is 57.7 Å². The Balaban J connectivity index is 1.41. The number of ether oxygens (including phenoxy) is 2. The molecule has 2 N–H and O–H groups in total. The Kier molecular flexibility index (Phi) is 10.2. The number of allylic oxidation sites excluding steroid dienone is 1. The minimum Gasteiger partial charge on any atom is -0.467 e. The number of hydrogen-bond donors (Lipinski definition) is 2. The number of fused-ring (bicyclic) bond motifs is 2. The number of carbonyl (C=O) groups is 4. The molecule has 2 saturated carbocycles. The van der Waals surface area contributed by atoms with Crippen LogP contribution in [0.15, 0.2) is 41.3 Å². The fourth-order valence-corrected chi connectivity index (χ4v) is 7.65. The van der Waals surface area contributed by atoms with Crippen LogP contribution in [0.1, 0.15) is 70.6 Å². The molecular weight excluding hydrogens is 601 g/mol. The monoisotopic (exact) mass is 643 g/mol. The summed E-state index contributed by atoms with van der Waals surface area (Å²) in [4.78, 5) is 55.0. The number of amides is 3. The number of hydrogen-bond acceptors (Lipinski definition) is 9. The van der Waals surface area contributed by atoms with Crippen LogP contribution in [-0.4, -0.2) is 88.5 Å². The highest BCUT2D eigenvalue weighted by Gasteiger charge is 2.62. The van der Waals surface area contributed by atoms with Crippen molar-refractivity contribution in [1.29, 1.82) is 0 Å². The summed E-state index contributed by atoms with van der Waals surface area (Å²) >= 11 is 0. The van der Waals surface area contributed by atoms with Crippen molar-refractivity contribution in [2.45, 2.75) is 105 Å². The topological polar surface area (TPSA) is 157 Å². The number of esters is 1. The van der Waals surface area contributed by atoms with Crippen molar-refractivity contribution in [3.63, 3.8) is 0 Å². The molecule has 2 heterocycles. The van der Waals surface area contributed by atoms with Gasteiger partial charge in [-0.05, 0) is 63.5 Å². The largest absolute Gasteiger partial charge is 0.467 e. The number of alkyl carbamates (subject to hydrolysis) is 1. The van der Waals surface area contributed by atoms with E-state index >= 15 is 0 Å². The average Bonchev–Trinajstić information content (AvgIpc) is 3.29. The first-order valence-electron chi connectivity index (χ1n) is 15.9. The number of nitrogens with zero attached hydrogens (tertiary/aromatic N) is 1. The predicted octanol–water partition coefficient (Wildman–Crippen LogP) is 1.23. The normalized spacial score (nSPS) is 30.2. The van der Waals surface area contributed by atoms with Gasteiger partial charge in [-0.1, -0.05) is 42.6 Å². The molecule has 5 rings (SSSR count). The van der Waals surface area contributed by atoms with Gasteiger partial charge in [0.15, 0.2) is 0 Å². The van der Waals surface area contributed by atoms with E-state index in [1.807, 2.05) is 20.0 Å². The third-order valence-corrected chi connectivity index (χ3v) is 10.6. The lowest BCUT2D eigenvalue weighted by Crippen LogP contribution is -2.56. The molecule has 3 fully saturated rings. The van der Waals surface area contributed by atoms with Crippen LogP contribution in [0.25, 0.3) is 0 Å². The quantitative estimate of drug-likeness (QED) is 0.201. The van der Waals surface area contributed by atoms with Gasteiger partial charge in [0.1, 0.15) is 31.6 Å². The summed E-state index contributed by atoms with van der Waals surface area (Å²) in [6.45, 7) is -0.202. The molecule has 0 aromatic heterocycles. The molecule has 45 heavy (non-hydrogen) atoms. The van der Waals surface area contributed by atoms with E-state index in [1.165, 1.54) is 24.1 Å². The maximum absolute atomic E-state index is 14.1. The van der Waals surface area contributed by atoms with Crippen LogP contribution in [0, 0.1) is 5.92 Å². The van der Waals surface area contributed by atoms with E-state index in [1.54, 1.807) is 12.1 Å². The number of nitrogens with one attached hydrogen (secondary N) is 2. The van der Waals surface area contributed by atoms with Crippen molar-refractivity contribution in [1.82, 2.24) is 15.5 Å². The molecule has 244 valence electrons. The predicted molar refractivity (Wildman–Crippen MR) is 166 cm³/mol. The van der Waals surface area contributed by atoms with Crippen molar-refractivity contribution >= 4 is 47.3 Å². The summed E-state index contributed by atoms with van der Waals surface area (Å²) in [6, 6.07) is 4.04. The van der Waals surface area contributed by atoms with Crippen molar-refractivity contribution in [2.75, 3.05) is 13.7 Å². The Labute approximate surface area is 265 Å². The van der Waals surface area contributed by atoms with Gasteiger partial charge in [0.25, 0.3) is 10.1 Å². The zero-order chi connectivity index (χ0) is 32.2. The number of carbonyl (C=O) groups excluding carboxylic acids is 4. The number of benzene rings is 1. The van der Waals surface area contributed by atoms with Gasteiger partial charge < -0.3 is 25.0 Å². The Morgan fingerprint density at radius 1 is 1.02 bits per heavy atom. The molecular formula is C31H42BN3O9S. The second kappa shape index (κ2) is 13.9. The van der Waals surface area contributed by atoms with E-state index in [0.29, 0.717) is 19.3 Å². The fraction of sp³-hybridized carbons (Fsp3) is 0.613. The third kappa shape index (κ3) is 7.71. The molecule has 5 atom stereocenters. The molecule has 4 aliphatic rings. The van der Waals surface area contributed by atoms with Gasteiger partial charge in [0, 0.05) is 18.9 Å². The summed E-state index contributed by atoms with van der Waals surface area (Å²) in [6.07, 6.45) is 9.02. The lowest BCUT2D eigenvalue weighted by molar-refractivity contribution is -0.148. The van der Waals surface area contributed by atoms with E-state index in [2.05, 4.69) is 10.6 Å². The molecule has 1 unspecified atom stereocenters. The van der Waals surface area contributed by atoms with Gasteiger partial charge in [-0.15, -0.1) is 0 Å². The van der Waals surface area contributed by atoms with Crippen LogP contribution in [0.4, 0.5) is 4.79 Å². The summed E-state index contributed by atoms with van der Waals surface area (Å²) in [5, 5.41) is 5.56. The van der Waals surface area contributed by atoms with Crippen molar-refractivity contribution < 1.29 is 41.3 Å². The maximum atomic E-state index is 14.1. The lowest BCUT2D eigenvalue weighted by atomic mass is 9.97. The van der Waals surface area contributed by atoms with E-state index in [0.717, 1.165) is 50.4 Å². The molecule has 1 saturated heterocycles. The molecule has 12 nitrogen and oxygen atoms in total. The first-order chi connectivity index (χ1) is 21.5. The van der Waals surface area contributed by atoms with Crippen molar-refractivity contribution in [3.05, 3.63) is 36.4 Å². The van der Waals surface area contributed by atoms with Gasteiger partial charge in [0.05, 0.1) is 18.1 Å². The Bertz CT molecular complexity index is 1410. The van der Waals surface area contributed by atoms with Crippen LogP contribution < -0.4 is 16.1 Å². The summed E-state index contributed by atoms with van der Waals surface area (Å²) in [5.41, 5.74) is -0.395. The smallest absolute Gasteiger partial charge is 0.408 e. The highest BCUT2D eigenvalue weighted by Crippen LogP contribution is 2.46. The molecule has 0 radical (unpaired) electrons. The zero-order valence-electron chi connectivity index (χ0n) is 25.9. The van der Waals surface area contributed by atoms with Crippen LogP contribution in [0.2, 0.25) is 0 Å². The molecule has 14 heteroatoms. The summed E-state index contributed by atoms with van der Waals surface area (Å²) < 4.78 is 42.5. The minimum atomic E-state index is -4.22. The molecule has 2 aliphatic heterocycles. The molecule has 0 bridgehead atoms. The van der Waals surface area contributed by atoms with Gasteiger partial charge in [-0.3, -0.25) is 13.8 Å². The van der Waals surface area contributed by atoms with Crippen molar-refractivity contribution in [2.24, 2.45) is 5.92 Å². The minimum absolute atomic E-state index is 0.0419. The van der Waals surface area contributed by atoms with Crippen LogP contribution in [-0.2, 0) is 38.2 Å². The van der Waals surface area contributed by atoms with Gasteiger partial charge in [0.2, 0.25) is 11.8 Å². The Morgan fingerprint density at radius 2 is 1.73 bits per heavy atom. The fourth-order valence-electron chi connectivity index (χ4n) is 6.57. The van der Waals surface area contributed by atoms with Gasteiger partial charge >= 0.3 is 12.1 Å². The second-order valence-corrected chi connectivity index (χ2v) is 14.1. The highest BCUT2D eigenvalue weighted by atomic mass is 32.2. The van der Waals surface area contributed by atoms with E-state index in [4.69, 9.17) is 13.7 Å². The Morgan fingerprint density at radius 3 is 2.44 bits per heavy atom. The second-order valence-electron chi connectivity index (χ2n) is 12.6. The molecule has 1 aromatic carbocycles. The first kappa shape index (κ1) is 33.0. The summed E-state index contributed by atoms with van der Waals surface area (Å²) in [5.74, 6) is -2.01. The zero-order valence-corrected chi connectivity index (χ0v) is 26.7. The molecule has 2 aliphatic carbocycles. The SMILES string of the molecule is Bc1ccc(S(=O)(=O)O[C@@H]2C[C@H]3C(=O)N[C@]4(C(=O)OC)CC4/C=C\CCCCC[C@H](NC(=O)OC4CCCC4)C(=O)N3C2)cc1. The molecule has 3 amide bonds. The van der Waals surface area contributed by atoms with Crippen LogP contribution >= 0.6 is 0 Å². The third-order valence-electron chi connectivity index (χ3n) is 9.23. The van der Waals surface area contributed by atoms with Gasteiger partial charge in [-0.2, -0.15) is 8.42 Å². The lowest BCUT2D eigenvalue weighted by Gasteiger charge is -2.29. The average molecular weight is 644 g/mol. The summed E-state index contributed by atoms with van der Waals surface area (Å²) in [7, 11) is -1.13. The number of methoxy groups -OCH3 is 1. The van der Waals surface area contributed by atoms with Crippen LogP contribution in [0.3, 0.4) is 0 Å². The molecule has 0 spiro atoms. The number of rotatable bonds is 6. The van der Waals surface area contributed by atoms with E-state index in [9.17, 15) is 27.6 Å². The highest BCUT2D eigenvalue weighted by molar-refractivity contribution is 7.86. The van der Waals surface area contributed by atoms with Crippen LogP contribution in [0.5, 0.6) is 0 Å². The first-order valence-corrected chi connectivity index (χ1v) is 17.3. The standard InChI is InChI=1S/C31H42BN3O9S/c1-42-29(38)31-18-20(31)9-5-3-2-4-6-12-25(33-30(39)43-22-10-7-8-11-22)28(37)35-19-23(17-26(35)27(36)34-31)44-45(40,41)24-15-13-21(32)14-16-24/h5,9,13-16,20,22-23,25-26H,2-4,6-8,10-12,17-19,32H2,1H3,(H,33,39)(H,34,36)/b9-5-/t20?,23-,25+,26+,31-/m1/s1. The van der Waals surface area contributed by atoms with Gasteiger partial charge in [-0.25, -0.2) is 9.59 Å². The van der Waals surface area contributed by atoms with E-state index in [-0.39, 0.29) is 29.9 Å². The molecule has 1 aromatic rings. The Hall–Kier alpha value is -3.39. The maximum Gasteiger partial charge on any atom is 0.408 e. The van der Waals surface area contributed by atoms with Crippen molar-refractivity contribution in [3.8, 4) is 0 Å².